The van der Waals surface area contributed by atoms with E-state index in [-0.39, 0.29) is 11.8 Å². The minimum absolute atomic E-state index is 0.164. The Morgan fingerprint density at radius 2 is 2.00 bits per heavy atom. The lowest BCUT2D eigenvalue weighted by atomic mass is 10.2. The van der Waals surface area contributed by atoms with Crippen LogP contribution in [0.2, 0.25) is 0 Å². The van der Waals surface area contributed by atoms with Gasteiger partial charge in [0, 0.05) is 18.8 Å². The summed E-state index contributed by atoms with van der Waals surface area (Å²) in [7, 11) is 0. The van der Waals surface area contributed by atoms with Crippen LogP contribution in [0.4, 0.5) is 10.8 Å². The van der Waals surface area contributed by atoms with Gasteiger partial charge < -0.3 is 10.6 Å². The van der Waals surface area contributed by atoms with Gasteiger partial charge >= 0.3 is 0 Å². The first-order chi connectivity index (χ1) is 10.6. The van der Waals surface area contributed by atoms with E-state index in [0.717, 1.165) is 4.70 Å². The third-order valence-corrected chi connectivity index (χ3v) is 3.78. The summed E-state index contributed by atoms with van der Waals surface area (Å²) in [5, 5.41) is 5.97. The zero-order valence-corrected chi connectivity index (χ0v) is 12.5. The minimum atomic E-state index is -0.280. The van der Waals surface area contributed by atoms with Crippen molar-refractivity contribution < 1.29 is 9.59 Å². The van der Waals surface area contributed by atoms with E-state index < -0.39 is 0 Å². The topological polar surface area (TPSA) is 84.0 Å². The third-order valence-electron chi connectivity index (χ3n) is 2.83. The first-order valence-corrected chi connectivity index (χ1v) is 7.34. The predicted molar refractivity (Wildman–Crippen MR) is 86.1 cm³/mol. The molecule has 0 spiro atoms. The zero-order chi connectivity index (χ0) is 15.5. The molecule has 2 amide bonds. The lowest BCUT2D eigenvalue weighted by Crippen LogP contribution is -2.13. The summed E-state index contributed by atoms with van der Waals surface area (Å²) < 4.78 is 0.930. The molecule has 3 aromatic rings. The van der Waals surface area contributed by atoms with Gasteiger partial charge in [0.1, 0.15) is 5.69 Å². The quantitative estimate of drug-likeness (QED) is 0.779. The van der Waals surface area contributed by atoms with Gasteiger partial charge in [0.15, 0.2) is 5.13 Å². The average Bonchev–Trinajstić information content (AvgIpc) is 2.88. The van der Waals surface area contributed by atoms with E-state index >= 15 is 0 Å². The summed E-state index contributed by atoms with van der Waals surface area (Å²) in [5.74, 6) is -0.444. The van der Waals surface area contributed by atoms with Crippen molar-refractivity contribution in [3.63, 3.8) is 0 Å². The predicted octanol–water partition coefficient (Wildman–Crippen LogP) is 2.90. The summed E-state index contributed by atoms with van der Waals surface area (Å²) in [6.07, 6.45) is 1.57. The van der Waals surface area contributed by atoms with Crippen molar-refractivity contribution >= 4 is 44.2 Å². The monoisotopic (exact) mass is 312 g/mol. The Bertz CT molecular complexity index is 845. The van der Waals surface area contributed by atoms with E-state index in [0.29, 0.717) is 22.0 Å². The van der Waals surface area contributed by atoms with Crippen molar-refractivity contribution in [3.8, 4) is 0 Å². The fourth-order valence-electron chi connectivity index (χ4n) is 1.90. The van der Waals surface area contributed by atoms with Crippen LogP contribution in [0.15, 0.2) is 42.6 Å². The van der Waals surface area contributed by atoms with Crippen LogP contribution in [0.25, 0.3) is 10.2 Å². The fraction of sp³-hybridized carbons (Fsp3) is 0.0667. The molecule has 3 rings (SSSR count). The molecule has 0 radical (unpaired) electrons. The van der Waals surface area contributed by atoms with Gasteiger partial charge in [-0.2, -0.15) is 0 Å². The number of rotatable bonds is 3. The molecule has 6 nitrogen and oxygen atoms in total. The molecule has 0 saturated heterocycles. The summed E-state index contributed by atoms with van der Waals surface area (Å²) in [6, 6.07) is 10.6. The minimum Gasteiger partial charge on any atom is -0.321 e. The summed E-state index contributed by atoms with van der Waals surface area (Å²) in [6.45, 7) is 1.44. The van der Waals surface area contributed by atoms with E-state index in [1.54, 1.807) is 36.5 Å². The van der Waals surface area contributed by atoms with E-state index in [9.17, 15) is 9.59 Å². The first-order valence-electron chi connectivity index (χ1n) is 6.52. The molecule has 0 atom stereocenters. The van der Waals surface area contributed by atoms with Crippen LogP contribution in [-0.2, 0) is 4.79 Å². The van der Waals surface area contributed by atoms with Crippen LogP contribution in [0, 0.1) is 0 Å². The molecule has 0 aliphatic heterocycles. The molecule has 0 fully saturated rings. The van der Waals surface area contributed by atoms with Gasteiger partial charge in [0.2, 0.25) is 5.91 Å². The zero-order valence-electron chi connectivity index (χ0n) is 11.7. The number of thiazole rings is 1. The van der Waals surface area contributed by atoms with Gasteiger partial charge in [-0.15, -0.1) is 0 Å². The second kappa shape index (κ2) is 5.90. The lowest BCUT2D eigenvalue weighted by molar-refractivity contribution is -0.114. The fourth-order valence-corrected chi connectivity index (χ4v) is 2.79. The SMILES string of the molecule is CC(=O)Nc1nc2cc(NC(=O)c3ccccn3)ccc2s1. The van der Waals surface area contributed by atoms with Gasteiger partial charge in [0.25, 0.3) is 5.91 Å². The number of nitrogens with one attached hydrogen (secondary N) is 2. The number of carbonyl (C=O) groups is 2. The molecular formula is C15H12N4O2S. The third kappa shape index (κ3) is 3.09. The van der Waals surface area contributed by atoms with Crippen LogP contribution in [0.3, 0.4) is 0 Å². The highest BCUT2D eigenvalue weighted by molar-refractivity contribution is 7.22. The molecule has 0 aliphatic carbocycles. The van der Waals surface area contributed by atoms with Crippen LogP contribution in [0.5, 0.6) is 0 Å². The number of nitrogens with zero attached hydrogens (tertiary/aromatic N) is 2. The molecule has 110 valence electrons. The Hall–Kier alpha value is -2.80. The van der Waals surface area contributed by atoms with Crippen molar-refractivity contribution in [1.82, 2.24) is 9.97 Å². The molecule has 2 heterocycles. The van der Waals surface area contributed by atoms with Crippen molar-refractivity contribution in [2.24, 2.45) is 0 Å². The van der Waals surface area contributed by atoms with E-state index in [2.05, 4.69) is 20.6 Å². The van der Waals surface area contributed by atoms with Crippen LogP contribution >= 0.6 is 11.3 Å². The van der Waals surface area contributed by atoms with Crippen LogP contribution in [0.1, 0.15) is 17.4 Å². The highest BCUT2D eigenvalue weighted by Crippen LogP contribution is 2.28. The van der Waals surface area contributed by atoms with E-state index in [1.165, 1.54) is 18.3 Å². The van der Waals surface area contributed by atoms with Crippen molar-refractivity contribution in [1.29, 1.82) is 0 Å². The molecular weight excluding hydrogens is 300 g/mol. The Balaban J connectivity index is 1.82. The molecule has 0 bridgehead atoms. The molecule has 0 saturated carbocycles. The molecule has 0 aliphatic rings. The normalized spacial score (nSPS) is 10.4. The summed E-state index contributed by atoms with van der Waals surface area (Å²) >= 11 is 1.38. The highest BCUT2D eigenvalue weighted by Gasteiger charge is 2.09. The second-order valence-electron chi connectivity index (χ2n) is 4.55. The summed E-state index contributed by atoms with van der Waals surface area (Å²) in [4.78, 5) is 31.4. The van der Waals surface area contributed by atoms with E-state index in [4.69, 9.17) is 0 Å². The Kier molecular flexibility index (Phi) is 3.80. The van der Waals surface area contributed by atoms with Gasteiger partial charge in [0.05, 0.1) is 10.2 Å². The number of benzene rings is 1. The van der Waals surface area contributed by atoms with Gasteiger partial charge in [-0.25, -0.2) is 4.98 Å². The van der Waals surface area contributed by atoms with Crippen LogP contribution < -0.4 is 10.6 Å². The maximum Gasteiger partial charge on any atom is 0.274 e. The highest BCUT2D eigenvalue weighted by atomic mass is 32.1. The molecule has 22 heavy (non-hydrogen) atoms. The Labute approximate surface area is 130 Å². The maximum absolute atomic E-state index is 12.1. The second-order valence-corrected chi connectivity index (χ2v) is 5.58. The number of pyridine rings is 1. The van der Waals surface area contributed by atoms with Gasteiger partial charge in [-0.3, -0.25) is 14.6 Å². The van der Waals surface area contributed by atoms with E-state index in [1.807, 2.05) is 6.07 Å². The largest absolute Gasteiger partial charge is 0.321 e. The molecule has 2 N–H and O–H groups in total. The average molecular weight is 312 g/mol. The van der Waals surface area contributed by atoms with Gasteiger partial charge in [-0.05, 0) is 30.3 Å². The van der Waals surface area contributed by atoms with Gasteiger partial charge in [-0.1, -0.05) is 17.4 Å². The van der Waals surface area contributed by atoms with Crippen molar-refractivity contribution in [2.75, 3.05) is 10.6 Å². The maximum atomic E-state index is 12.1. The number of carbonyl (C=O) groups excluding carboxylic acids is 2. The molecule has 2 aromatic heterocycles. The molecule has 1 aromatic carbocycles. The number of fused-ring (bicyclic) bond motifs is 1. The molecule has 7 heteroatoms. The number of aromatic nitrogens is 2. The number of anilines is 2. The number of amides is 2. The number of hydrogen-bond donors (Lipinski definition) is 2. The van der Waals surface area contributed by atoms with Crippen LogP contribution in [-0.4, -0.2) is 21.8 Å². The summed E-state index contributed by atoms with van der Waals surface area (Å²) in [5.41, 5.74) is 1.69. The number of hydrogen-bond acceptors (Lipinski definition) is 5. The standard InChI is InChI=1S/C15H12N4O2S/c1-9(20)17-15-19-12-8-10(5-6-13(12)22-15)18-14(21)11-4-2-3-7-16-11/h2-8H,1H3,(H,18,21)(H,17,19,20). The molecule has 0 unspecified atom stereocenters. The first kappa shape index (κ1) is 14.2. The lowest BCUT2D eigenvalue weighted by Gasteiger charge is -2.04. The Morgan fingerprint density at radius 3 is 2.73 bits per heavy atom. The smallest absolute Gasteiger partial charge is 0.274 e. The Morgan fingerprint density at radius 1 is 1.14 bits per heavy atom. The van der Waals surface area contributed by atoms with Crippen molar-refractivity contribution in [2.45, 2.75) is 6.92 Å². The van der Waals surface area contributed by atoms with Crippen molar-refractivity contribution in [3.05, 3.63) is 48.3 Å².